The molecule has 3 rings (SSSR count). The van der Waals surface area contributed by atoms with Gasteiger partial charge in [0.2, 0.25) is 0 Å². The minimum absolute atomic E-state index is 0.0246. The molecule has 0 radical (unpaired) electrons. The molecular weight excluding hydrogens is 383 g/mol. The Morgan fingerprint density at radius 1 is 1.34 bits per heavy atom. The minimum atomic E-state index is -0.782. The Morgan fingerprint density at radius 3 is 2.62 bits per heavy atom. The molecule has 1 aromatic carbocycles. The van der Waals surface area contributed by atoms with E-state index >= 15 is 0 Å². The van der Waals surface area contributed by atoms with Gasteiger partial charge in [-0.1, -0.05) is 0 Å². The normalized spacial score (nSPS) is 20.0. The molecule has 29 heavy (non-hydrogen) atoms. The molecule has 1 unspecified atom stereocenters. The predicted octanol–water partition coefficient (Wildman–Crippen LogP) is 2.10. The Labute approximate surface area is 169 Å². The molecular formula is C19H27FN4O5. The molecule has 9 nitrogen and oxygen atoms in total. The Balaban J connectivity index is 1.68. The van der Waals surface area contributed by atoms with E-state index in [1.54, 1.807) is 32.9 Å². The van der Waals surface area contributed by atoms with E-state index in [1.165, 1.54) is 11.0 Å². The predicted molar refractivity (Wildman–Crippen MR) is 104 cm³/mol. The number of carbonyl (C=O) groups excluding carboxylic acids is 2. The lowest BCUT2D eigenvalue weighted by atomic mass is 10.2. The van der Waals surface area contributed by atoms with E-state index in [9.17, 15) is 14.0 Å². The maximum Gasteiger partial charge on any atom is 0.414 e. The van der Waals surface area contributed by atoms with Gasteiger partial charge in [-0.2, -0.15) is 5.06 Å². The minimum Gasteiger partial charge on any atom is -0.442 e. The van der Waals surface area contributed by atoms with Crippen LogP contribution in [0.2, 0.25) is 0 Å². The highest BCUT2D eigenvalue weighted by molar-refractivity contribution is 5.90. The zero-order valence-corrected chi connectivity index (χ0v) is 16.9. The number of nitrogens with zero attached hydrogens (tertiary/aromatic N) is 3. The van der Waals surface area contributed by atoms with Crippen molar-refractivity contribution < 1.29 is 28.3 Å². The lowest BCUT2D eigenvalue weighted by molar-refractivity contribution is -0.199. The fraction of sp³-hybridized carbons (Fsp3) is 0.579. The van der Waals surface area contributed by atoms with Gasteiger partial charge in [0, 0.05) is 13.1 Å². The second kappa shape index (κ2) is 8.42. The van der Waals surface area contributed by atoms with Gasteiger partial charge in [0.25, 0.3) is 0 Å². The van der Waals surface area contributed by atoms with Crippen LogP contribution in [-0.4, -0.2) is 68.3 Å². The molecule has 160 valence electrons. The molecule has 2 aliphatic heterocycles. The third-order valence-electron chi connectivity index (χ3n) is 4.47. The Morgan fingerprint density at radius 2 is 2.03 bits per heavy atom. The van der Waals surface area contributed by atoms with Crippen LogP contribution in [0, 0.1) is 5.82 Å². The number of hydrogen-bond donors (Lipinski definition) is 1. The molecule has 0 aliphatic carbocycles. The average molecular weight is 410 g/mol. The van der Waals surface area contributed by atoms with E-state index in [-0.39, 0.29) is 13.1 Å². The SMILES string of the molecule is CC(C)(C)ON(CC1CN(c2ccc(N3CCOCC3)c(F)c2)C(=O)O1)C(N)=O. The number of rotatable bonds is 5. The van der Waals surface area contributed by atoms with Gasteiger partial charge in [-0.15, -0.1) is 0 Å². The number of morpholine rings is 1. The van der Waals surface area contributed by atoms with Gasteiger partial charge in [0.1, 0.15) is 11.9 Å². The molecule has 0 saturated carbocycles. The van der Waals surface area contributed by atoms with Crippen molar-refractivity contribution in [3.63, 3.8) is 0 Å². The van der Waals surface area contributed by atoms with E-state index in [1.807, 2.05) is 4.90 Å². The summed E-state index contributed by atoms with van der Waals surface area (Å²) in [5.74, 6) is -0.421. The van der Waals surface area contributed by atoms with Crippen molar-refractivity contribution >= 4 is 23.5 Å². The summed E-state index contributed by atoms with van der Waals surface area (Å²) in [6.45, 7) is 7.76. The second-order valence-corrected chi connectivity index (χ2v) is 7.95. The number of primary amides is 1. The Hall–Kier alpha value is -2.59. The first-order valence-corrected chi connectivity index (χ1v) is 9.50. The van der Waals surface area contributed by atoms with Gasteiger partial charge in [-0.3, -0.25) is 9.74 Å². The summed E-state index contributed by atoms with van der Waals surface area (Å²) in [5, 5.41) is 0.976. The van der Waals surface area contributed by atoms with Gasteiger partial charge in [-0.05, 0) is 39.0 Å². The smallest absolute Gasteiger partial charge is 0.414 e. The molecule has 3 amide bonds. The highest BCUT2D eigenvalue weighted by atomic mass is 19.1. The molecule has 0 aromatic heterocycles. The molecule has 0 bridgehead atoms. The summed E-state index contributed by atoms with van der Waals surface area (Å²) in [4.78, 5) is 32.7. The molecule has 2 aliphatic rings. The maximum absolute atomic E-state index is 14.7. The molecule has 1 atom stereocenters. The number of benzene rings is 1. The summed E-state index contributed by atoms with van der Waals surface area (Å²) in [5.41, 5.74) is 5.57. The van der Waals surface area contributed by atoms with Crippen molar-refractivity contribution in [2.45, 2.75) is 32.5 Å². The zero-order valence-electron chi connectivity index (χ0n) is 16.9. The molecule has 2 fully saturated rings. The quantitative estimate of drug-likeness (QED) is 0.747. The molecule has 2 saturated heterocycles. The monoisotopic (exact) mass is 410 g/mol. The highest BCUT2D eigenvalue weighted by Gasteiger charge is 2.36. The van der Waals surface area contributed by atoms with Gasteiger partial charge in [0.15, 0.2) is 0 Å². The van der Waals surface area contributed by atoms with E-state index in [4.69, 9.17) is 20.0 Å². The van der Waals surface area contributed by atoms with Gasteiger partial charge in [-0.25, -0.2) is 14.0 Å². The van der Waals surface area contributed by atoms with E-state index in [2.05, 4.69) is 0 Å². The molecule has 1 aromatic rings. The standard InChI is InChI=1S/C19H27FN4O5/c1-19(2,3)29-24(17(21)25)12-14-11-23(18(26)28-14)13-4-5-16(15(20)10-13)22-6-8-27-9-7-22/h4-5,10,14H,6-9,11-12H2,1-3H3,(H2,21,25). The largest absolute Gasteiger partial charge is 0.442 e. The summed E-state index contributed by atoms with van der Waals surface area (Å²) in [7, 11) is 0. The van der Waals surface area contributed by atoms with Crippen LogP contribution in [0.15, 0.2) is 18.2 Å². The summed E-state index contributed by atoms with van der Waals surface area (Å²) in [6.07, 6.45) is -1.27. The number of nitrogens with two attached hydrogens (primary N) is 1. The fourth-order valence-electron chi connectivity index (χ4n) is 3.24. The van der Waals surface area contributed by atoms with E-state index in [0.717, 1.165) is 5.06 Å². The molecule has 10 heteroatoms. The molecule has 2 heterocycles. The highest BCUT2D eigenvalue weighted by Crippen LogP contribution is 2.28. The van der Waals surface area contributed by atoms with Gasteiger partial charge < -0.3 is 20.1 Å². The van der Waals surface area contributed by atoms with Crippen LogP contribution in [-0.2, 0) is 14.3 Å². The van der Waals surface area contributed by atoms with Crippen LogP contribution >= 0.6 is 0 Å². The number of urea groups is 1. The Bertz CT molecular complexity index is 763. The number of halogens is 1. The zero-order chi connectivity index (χ0) is 21.2. The lowest BCUT2D eigenvalue weighted by Crippen LogP contribution is -2.46. The average Bonchev–Trinajstić information content (AvgIpc) is 3.01. The van der Waals surface area contributed by atoms with Crippen LogP contribution in [0.4, 0.5) is 25.4 Å². The van der Waals surface area contributed by atoms with E-state index < -0.39 is 29.6 Å². The second-order valence-electron chi connectivity index (χ2n) is 7.95. The van der Waals surface area contributed by atoms with E-state index in [0.29, 0.717) is 37.7 Å². The van der Waals surface area contributed by atoms with Crippen LogP contribution < -0.4 is 15.5 Å². The topological polar surface area (TPSA) is 97.6 Å². The molecule has 2 N–H and O–H groups in total. The maximum atomic E-state index is 14.7. The van der Waals surface area contributed by atoms with Crippen molar-refractivity contribution in [3.05, 3.63) is 24.0 Å². The fourth-order valence-corrected chi connectivity index (χ4v) is 3.24. The number of carbonyl (C=O) groups is 2. The molecule has 0 spiro atoms. The first-order valence-electron chi connectivity index (χ1n) is 9.50. The van der Waals surface area contributed by atoms with Crippen molar-refractivity contribution in [1.82, 2.24) is 5.06 Å². The number of anilines is 2. The van der Waals surface area contributed by atoms with Crippen LogP contribution in [0.25, 0.3) is 0 Å². The number of hydrogen-bond acceptors (Lipinski definition) is 6. The number of hydroxylamine groups is 2. The lowest BCUT2D eigenvalue weighted by Gasteiger charge is -2.29. The van der Waals surface area contributed by atoms with Crippen LogP contribution in [0.3, 0.4) is 0 Å². The summed E-state index contributed by atoms with van der Waals surface area (Å²) in [6, 6.07) is 3.85. The van der Waals surface area contributed by atoms with Crippen LogP contribution in [0.5, 0.6) is 0 Å². The number of cyclic esters (lactones) is 1. The first kappa shape index (κ1) is 21.1. The first-order chi connectivity index (χ1) is 13.6. The summed E-state index contributed by atoms with van der Waals surface area (Å²) < 4.78 is 25.3. The third-order valence-corrected chi connectivity index (χ3v) is 4.47. The summed E-state index contributed by atoms with van der Waals surface area (Å²) >= 11 is 0. The third kappa shape index (κ3) is 5.27. The van der Waals surface area contributed by atoms with Crippen molar-refractivity contribution in [2.75, 3.05) is 49.2 Å². The van der Waals surface area contributed by atoms with Crippen molar-refractivity contribution in [1.29, 1.82) is 0 Å². The van der Waals surface area contributed by atoms with Gasteiger partial charge >= 0.3 is 12.1 Å². The number of amides is 3. The number of ether oxygens (including phenoxy) is 2. The van der Waals surface area contributed by atoms with Crippen LogP contribution in [0.1, 0.15) is 20.8 Å². The Kier molecular flexibility index (Phi) is 6.13. The van der Waals surface area contributed by atoms with Crippen molar-refractivity contribution in [3.8, 4) is 0 Å². The van der Waals surface area contributed by atoms with Crippen molar-refractivity contribution in [2.24, 2.45) is 5.73 Å². The van der Waals surface area contributed by atoms with Gasteiger partial charge in [0.05, 0.1) is 43.3 Å².